The highest BCUT2D eigenvalue weighted by Crippen LogP contribution is 2.28. The summed E-state index contributed by atoms with van der Waals surface area (Å²) in [5.74, 6) is -0.607. The van der Waals surface area contributed by atoms with Crippen LogP contribution in [0, 0.1) is 6.92 Å². The van der Waals surface area contributed by atoms with Crippen LogP contribution >= 0.6 is 0 Å². The number of aromatic nitrogens is 1. The van der Waals surface area contributed by atoms with E-state index in [2.05, 4.69) is 15.3 Å². The molecule has 0 unspecified atom stereocenters. The number of rotatable bonds is 8. The van der Waals surface area contributed by atoms with Crippen LogP contribution in [-0.4, -0.2) is 36.7 Å². The van der Waals surface area contributed by atoms with E-state index in [0.717, 1.165) is 5.56 Å². The number of ether oxygens (including phenoxy) is 1. The van der Waals surface area contributed by atoms with Crippen molar-refractivity contribution < 1.29 is 14.3 Å². The summed E-state index contributed by atoms with van der Waals surface area (Å²) in [4.78, 5) is 35.1. The minimum atomic E-state index is -0.601. The van der Waals surface area contributed by atoms with E-state index >= 15 is 0 Å². The first-order valence-electron chi connectivity index (χ1n) is 10.1. The van der Waals surface area contributed by atoms with E-state index in [9.17, 15) is 9.59 Å². The smallest absolute Gasteiger partial charge is 0.342 e. The van der Waals surface area contributed by atoms with E-state index in [0.29, 0.717) is 23.2 Å². The Bertz CT molecular complexity index is 1090. The molecule has 0 fully saturated rings. The minimum absolute atomic E-state index is 0.116. The first kappa shape index (κ1) is 21.9. The molecule has 3 rings (SSSR count). The first-order valence-corrected chi connectivity index (χ1v) is 10.1. The Morgan fingerprint density at radius 3 is 2.29 bits per heavy atom. The third-order valence-corrected chi connectivity index (χ3v) is 4.83. The van der Waals surface area contributed by atoms with Crippen molar-refractivity contribution in [2.45, 2.75) is 20.3 Å². The van der Waals surface area contributed by atoms with Crippen LogP contribution in [0.3, 0.4) is 0 Å². The first-order chi connectivity index (χ1) is 15.1. The molecule has 1 heterocycles. The van der Waals surface area contributed by atoms with Gasteiger partial charge in [-0.25, -0.2) is 9.78 Å². The lowest BCUT2D eigenvalue weighted by Gasteiger charge is -2.18. The van der Waals surface area contributed by atoms with Gasteiger partial charge in [-0.2, -0.15) is 0 Å². The number of esters is 1. The van der Waals surface area contributed by atoms with E-state index in [4.69, 9.17) is 4.74 Å². The maximum absolute atomic E-state index is 13.5. The van der Waals surface area contributed by atoms with Gasteiger partial charge in [0.1, 0.15) is 11.4 Å². The van der Waals surface area contributed by atoms with Crippen LogP contribution in [0.2, 0.25) is 0 Å². The Kier molecular flexibility index (Phi) is 7.27. The maximum Gasteiger partial charge on any atom is 0.342 e. The largest absolute Gasteiger partial charge is 0.462 e. The molecular formula is C25H25N3O3. The van der Waals surface area contributed by atoms with Gasteiger partial charge in [0, 0.05) is 24.6 Å². The molecule has 1 N–H and O–H groups in total. The molecule has 0 atom stereocenters. The number of pyridine rings is 1. The second kappa shape index (κ2) is 10.3. The standard InChI is InChI=1S/C25H25N3O3/c1-4-31-25(30)22-21(23(29)19-13-9-6-10-14-19)17(2)20(28-24(22)27-16-26-3)15-18-11-7-5-8-12-18/h5-14,16H,4,15H2,1-3H3,(H,26,27,28). The molecule has 6 nitrogen and oxygen atoms in total. The van der Waals surface area contributed by atoms with E-state index < -0.39 is 5.97 Å². The van der Waals surface area contributed by atoms with Gasteiger partial charge in [0.2, 0.25) is 0 Å². The molecule has 31 heavy (non-hydrogen) atoms. The number of carbonyl (C=O) groups excluding carboxylic acids is 2. The number of hydrogen-bond acceptors (Lipinski definition) is 5. The molecule has 0 spiro atoms. The molecular weight excluding hydrogens is 390 g/mol. The van der Waals surface area contributed by atoms with Gasteiger partial charge in [-0.1, -0.05) is 60.7 Å². The van der Waals surface area contributed by atoms with Crippen molar-refractivity contribution in [2.75, 3.05) is 19.0 Å². The topological polar surface area (TPSA) is 80.7 Å². The van der Waals surface area contributed by atoms with E-state index in [-0.39, 0.29) is 29.3 Å². The number of anilines is 1. The molecule has 0 radical (unpaired) electrons. The molecule has 0 aliphatic heterocycles. The summed E-state index contributed by atoms with van der Waals surface area (Å²) < 4.78 is 5.27. The van der Waals surface area contributed by atoms with Crippen LogP contribution in [0.1, 0.15) is 50.0 Å². The third kappa shape index (κ3) is 5.04. The highest BCUT2D eigenvalue weighted by molar-refractivity contribution is 6.17. The minimum Gasteiger partial charge on any atom is -0.462 e. The lowest BCUT2D eigenvalue weighted by atomic mass is 9.92. The number of ketones is 1. The van der Waals surface area contributed by atoms with Crippen LogP contribution in [0.4, 0.5) is 5.82 Å². The van der Waals surface area contributed by atoms with Crippen molar-refractivity contribution in [1.82, 2.24) is 4.98 Å². The fourth-order valence-electron chi connectivity index (χ4n) is 3.34. The molecule has 2 aromatic carbocycles. The Balaban J connectivity index is 2.25. The average molecular weight is 415 g/mol. The summed E-state index contributed by atoms with van der Waals surface area (Å²) in [6, 6.07) is 18.7. The lowest BCUT2D eigenvalue weighted by molar-refractivity contribution is 0.0524. The number of nitrogens with zero attached hydrogens (tertiary/aromatic N) is 2. The normalized spacial score (nSPS) is 10.8. The second-order valence-corrected chi connectivity index (χ2v) is 6.89. The monoisotopic (exact) mass is 415 g/mol. The highest BCUT2D eigenvalue weighted by atomic mass is 16.5. The van der Waals surface area contributed by atoms with E-state index in [1.165, 1.54) is 6.34 Å². The van der Waals surface area contributed by atoms with Gasteiger partial charge >= 0.3 is 5.97 Å². The zero-order valence-corrected chi connectivity index (χ0v) is 17.9. The summed E-state index contributed by atoms with van der Waals surface area (Å²) in [5.41, 5.74) is 3.30. The number of benzene rings is 2. The van der Waals surface area contributed by atoms with Crippen LogP contribution < -0.4 is 5.32 Å². The summed E-state index contributed by atoms with van der Waals surface area (Å²) in [7, 11) is 1.60. The Labute approximate surface area is 182 Å². The molecule has 0 aliphatic carbocycles. The number of carbonyl (C=O) groups is 2. The predicted molar refractivity (Wildman–Crippen MR) is 122 cm³/mol. The van der Waals surface area contributed by atoms with Crippen molar-refractivity contribution in [1.29, 1.82) is 0 Å². The predicted octanol–water partition coefficient (Wildman–Crippen LogP) is 4.46. The summed E-state index contributed by atoms with van der Waals surface area (Å²) in [6.07, 6.45) is 1.95. The lowest BCUT2D eigenvalue weighted by Crippen LogP contribution is -2.20. The Morgan fingerprint density at radius 1 is 1.03 bits per heavy atom. The van der Waals surface area contributed by atoms with Gasteiger partial charge < -0.3 is 10.1 Å². The molecule has 0 amide bonds. The number of nitrogens with one attached hydrogen (secondary N) is 1. The zero-order chi connectivity index (χ0) is 22.2. The van der Waals surface area contributed by atoms with Gasteiger partial charge in [0.15, 0.2) is 5.78 Å². The van der Waals surface area contributed by atoms with Crippen molar-refractivity contribution in [2.24, 2.45) is 4.99 Å². The van der Waals surface area contributed by atoms with Crippen molar-refractivity contribution in [3.05, 3.63) is 94.2 Å². The number of aliphatic imine (C=N–C) groups is 1. The maximum atomic E-state index is 13.5. The summed E-state index contributed by atoms with van der Waals surface area (Å²) >= 11 is 0. The van der Waals surface area contributed by atoms with Crippen LogP contribution in [0.15, 0.2) is 65.7 Å². The van der Waals surface area contributed by atoms with E-state index in [1.807, 2.05) is 43.3 Å². The molecule has 0 saturated carbocycles. The van der Waals surface area contributed by atoms with Crippen molar-refractivity contribution in [3.63, 3.8) is 0 Å². The van der Waals surface area contributed by atoms with E-state index in [1.54, 1.807) is 38.2 Å². The van der Waals surface area contributed by atoms with Crippen molar-refractivity contribution >= 4 is 23.9 Å². The molecule has 1 aromatic heterocycles. The van der Waals surface area contributed by atoms with Crippen LogP contribution in [0.25, 0.3) is 0 Å². The van der Waals surface area contributed by atoms with Crippen LogP contribution in [0.5, 0.6) is 0 Å². The molecule has 6 heteroatoms. The fourth-order valence-corrected chi connectivity index (χ4v) is 3.34. The zero-order valence-electron chi connectivity index (χ0n) is 17.9. The third-order valence-electron chi connectivity index (χ3n) is 4.83. The molecule has 158 valence electrons. The molecule has 3 aromatic rings. The Hall–Kier alpha value is -3.80. The average Bonchev–Trinajstić information content (AvgIpc) is 2.80. The van der Waals surface area contributed by atoms with Gasteiger partial charge in [-0.3, -0.25) is 9.79 Å². The quantitative estimate of drug-likeness (QED) is 0.254. The second-order valence-electron chi connectivity index (χ2n) is 6.89. The summed E-state index contributed by atoms with van der Waals surface area (Å²) in [6.45, 7) is 3.73. The van der Waals surface area contributed by atoms with Gasteiger partial charge in [-0.05, 0) is 25.0 Å². The molecule has 0 saturated heterocycles. The molecule has 0 aliphatic rings. The highest BCUT2D eigenvalue weighted by Gasteiger charge is 2.28. The Morgan fingerprint density at radius 2 is 1.68 bits per heavy atom. The summed E-state index contributed by atoms with van der Waals surface area (Å²) in [5, 5.41) is 2.95. The van der Waals surface area contributed by atoms with Gasteiger partial charge in [0.05, 0.1) is 18.6 Å². The SMILES string of the molecule is CCOC(=O)c1c(NC=NC)nc(Cc2ccccc2)c(C)c1C(=O)c1ccccc1. The fraction of sp³-hybridized carbons (Fsp3) is 0.200. The van der Waals surface area contributed by atoms with Gasteiger partial charge in [-0.15, -0.1) is 0 Å². The van der Waals surface area contributed by atoms with Crippen molar-refractivity contribution in [3.8, 4) is 0 Å². The van der Waals surface area contributed by atoms with Crippen LogP contribution in [-0.2, 0) is 11.2 Å². The molecule has 0 bridgehead atoms. The van der Waals surface area contributed by atoms with Gasteiger partial charge in [0.25, 0.3) is 0 Å². The number of hydrogen-bond donors (Lipinski definition) is 1.